The molecule has 0 aromatic heterocycles. The molecule has 3 amide bonds. The molecule has 1 N–H and O–H groups in total. The van der Waals surface area contributed by atoms with Gasteiger partial charge in [0, 0.05) is 5.02 Å². The molecular formula is C20H21ClN2O3. The van der Waals surface area contributed by atoms with E-state index in [2.05, 4.69) is 5.32 Å². The van der Waals surface area contributed by atoms with Gasteiger partial charge in [-0.1, -0.05) is 42.8 Å². The lowest BCUT2D eigenvalue weighted by atomic mass is 9.87. The van der Waals surface area contributed by atoms with Crippen molar-refractivity contribution in [3.63, 3.8) is 0 Å². The number of imide groups is 1. The molecule has 1 unspecified atom stereocenters. The predicted octanol–water partition coefficient (Wildman–Crippen LogP) is 3.88. The number of carbonyl (C=O) groups excluding carboxylic acids is 2. The normalized spacial score (nSPS) is 19.6. The van der Waals surface area contributed by atoms with E-state index < -0.39 is 11.6 Å². The molecule has 1 saturated heterocycles. The van der Waals surface area contributed by atoms with Crippen LogP contribution >= 0.6 is 11.6 Å². The van der Waals surface area contributed by atoms with E-state index in [0.29, 0.717) is 11.4 Å². The monoisotopic (exact) mass is 372 g/mol. The van der Waals surface area contributed by atoms with Crippen LogP contribution in [-0.2, 0) is 10.3 Å². The van der Waals surface area contributed by atoms with Gasteiger partial charge in [-0.2, -0.15) is 0 Å². The fourth-order valence-electron chi connectivity index (χ4n) is 3.16. The van der Waals surface area contributed by atoms with Crippen molar-refractivity contribution < 1.29 is 14.3 Å². The third-order valence-corrected chi connectivity index (χ3v) is 4.87. The van der Waals surface area contributed by atoms with Crippen molar-refractivity contribution in [3.8, 4) is 5.75 Å². The highest BCUT2D eigenvalue weighted by atomic mass is 35.5. The van der Waals surface area contributed by atoms with Gasteiger partial charge in [0.25, 0.3) is 5.91 Å². The summed E-state index contributed by atoms with van der Waals surface area (Å²) in [6.07, 6.45) is 0.453. The second-order valence-corrected chi connectivity index (χ2v) is 6.75. The first kappa shape index (κ1) is 18.3. The maximum Gasteiger partial charge on any atom is 0.325 e. The van der Waals surface area contributed by atoms with E-state index >= 15 is 0 Å². The lowest BCUT2D eigenvalue weighted by Crippen LogP contribution is -2.43. The zero-order valence-corrected chi connectivity index (χ0v) is 15.5. The number of rotatable bonds is 6. The van der Waals surface area contributed by atoms with Crippen LogP contribution in [0.4, 0.5) is 4.79 Å². The Hall–Kier alpha value is -2.53. The summed E-state index contributed by atoms with van der Waals surface area (Å²) in [4.78, 5) is 26.6. The fraction of sp³-hybridized carbons (Fsp3) is 0.300. The number of amides is 3. The van der Waals surface area contributed by atoms with Gasteiger partial charge in [-0.05, 0) is 48.7 Å². The maximum atomic E-state index is 13.0. The summed E-state index contributed by atoms with van der Waals surface area (Å²) in [5.41, 5.74) is 0.764. The molecule has 3 rings (SSSR count). The van der Waals surface area contributed by atoms with Crippen LogP contribution < -0.4 is 10.1 Å². The maximum absolute atomic E-state index is 13.0. The summed E-state index contributed by atoms with van der Waals surface area (Å²) in [6, 6.07) is 14.2. The van der Waals surface area contributed by atoms with Crippen LogP contribution in [0.2, 0.25) is 5.02 Å². The summed E-state index contributed by atoms with van der Waals surface area (Å²) >= 11 is 5.94. The summed E-state index contributed by atoms with van der Waals surface area (Å²) < 4.78 is 5.68. The average Bonchev–Trinajstić information content (AvgIpc) is 2.87. The molecule has 26 heavy (non-hydrogen) atoms. The lowest BCUT2D eigenvalue weighted by Gasteiger charge is -2.25. The Balaban J connectivity index is 1.72. The lowest BCUT2D eigenvalue weighted by molar-refractivity contribution is -0.132. The van der Waals surface area contributed by atoms with Gasteiger partial charge in [0.1, 0.15) is 17.9 Å². The van der Waals surface area contributed by atoms with E-state index in [-0.39, 0.29) is 19.1 Å². The quantitative estimate of drug-likeness (QED) is 0.783. The van der Waals surface area contributed by atoms with E-state index in [0.717, 1.165) is 16.9 Å². The Morgan fingerprint density at radius 1 is 1.15 bits per heavy atom. The molecule has 1 aliphatic rings. The smallest absolute Gasteiger partial charge is 0.325 e. The van der Waals surface area contributed by atoms with Crippen molar-refractivity contribution in [3.05, 3.63) is 64.7 Å². The SMILES string of the molecule is CCC1(c2ccc(Cl)cc2)NC(=O)N(CCOc2cccc(C)c2)C1=O. The van der Waals surface area contributed by atoms with Gasteiger partial charge in [0.15, 0.2) is 0 Å². The number of carbonyl (C=O) groups is 2. The molecule has 2 aromatic rings. The van der Waals surface area contributed by atoms with Gasteiger partial charge in [-0.25, -0.2) is 4.79 Å². The van der Waals surface area contributed by atoms with Gasteiger partial charge in [-0.15, -0.1) is 0 Å². The van der Waals surface area contributed by atoms with Crippen LogP contribution in [0.15, 0.2) is 48.5 Å². The number of hydrogen-bond donors (Lipinski definition) is 1. The second kappa shape index (κ2) is 7.38. The summed E-state index contributed by atoms with van der Waals surface area (Å²) in [7, 11) is 0. The zero-order valence-electron chi connectivity index (χ0n) is 14.8. The molecular weight excluding hydrogens is 352 g/mol. The number of halogens is 1. The fourth-order valence-corrected chi connectivity index (χ4v) is 3.29. The topological polar surface area (TPSA) is 58.6 Å². The molecule has 6 heteroatoms. The predicted molar refractivity (Wildman–Crippen MR) is 100 cm³/mol. The van der Waals surface area contributed by atoms with Gasteiger partial charge in [0.05, 0.1) is 6.54 Å². The van der Waals surface area contributed by atoms with Crippen LogP contribution in [0.5, 0.6) is 5.75 Å². The highest BCUT2D eigenvalue weighted by Gasteiger charge is 2.50. The average molecular weight is 373 g/mol. The molecule has 0 spiro atoms. The van der Waals surface area contributed by atoms with Crippen molar-refractivity contribution in [2.24, 2.45) is 0 Å². The van der Waals surface area contributed by atoms with Crippen molar-refractivity contribution in [1.82, 2.24) is 10.2 Å². The zero-order chi connectivity index (χ0) is 18.7. The van der Waals surface area contributed by atoms with E-state index in [9.17, 15) is 9.59 Å². The largest absolute Gasteiger partial charge is 0.492 e. The van der Waals surface area contributed by atoms with Crippen molar-refractivity contribution in [2.45, 2.75) is 25.8 Å². The van der Waals surface area contributed by atoms with E-state index in [1.165, 1.54) is 4.90 Å². The number of hydrogen-bond acceptors (Lipinski definition) is 3. The highest BCUT2D eigenvalue weighted by molar-refractivity contribution is 6.30. The minimum atomic E-state index is -1.05. The van der Waals surface area contributed by atoms with E-state index in [1.54, 1.807) is 24.3 Å². The van der Waals surface area contributed by atoms with Crippen LogP contribution in [0.3, 0.4) is 0 Å². The minimum Gasteiger partial charge on any atom is -0.492 e. The molecule has 2 aromatic carbocycles. The molecule has 5 nitrogen and oxygen atoms in total. The van der Waals surface area contributed by atoms with Crippen LogP contribution in [-0.4, -0.2) is 30.0 Å². The van der Waals surface area contributed by atoms with Crippen molar-refractivity contribution >= 4 is 23.5 Å². The molecule has 0 saturated carbocycles. The Bertz CT molecular complexity index is 822. The van der Waals surface area contributed by atoms with Gasteiger partial charge in [-0.3, -0.25) is 9.69 Å². The van der Waals surface area contributed by atoms with E-state index in [4.69, 9.17) is 16.3 Å². The van der Waals surface area contributed by atoms with Crippen molar-refractivity contribution in [2.75, 3.05) is 13.2 Å². The Kier molecular flexibility index (Phi) is 5.18. The molecule has 1 atom stereocenters. The van der Waals surface area contributed by atoms with Gasteiger partial charge >= 0.3 is 6.03 Å². The van der Waals surface area contributed by atoms with Crippen molar-refractivity contribution in [1.29, 1.82) is 0 Å². The summed E-state index contributed by atoms with van der Waals surface area (Å²) in [5, 5.41) is 3.43. The molecule has 1 aliphatic heterocycles. The van der Waals surface area contributed by atoms with Crippen LogP contribution in [0.25, 0.3) is 0 Å². The first-order chi connectivity index (χ1) is 12.5. The Labute approximate surface area is 157 Å². The van der Waals surface area contributed by atoms with Gasteiger partial charge < -0.3 is 10.1 Å². The molecule has 136 valence electrons. The number of aryl methyl sites for hydroxylation is 1. The Morgan fingerprint density at radius 3 is 2.54 bits per heavy atom. The molecule has 0 radical (unpaired) electrons. The highest BCUT2D eigenvalue weighted by Crippen LogP contribution is 2.33. The second-order valence-electron chi connectivity index (χ2n) is 6.32. The van der Waals surface area contributed by atoms with Crippen LogP contribution in [0, 0.1) is 6.92 Å². The number of nitrogens with one attached hydrogen (secondary N) is 1. The third kappa shape index (κ3) is 3.40. The first-order valence-corrected chi connectivity index (χ1v) is 8.93. The Morgan fingerprint density at radius 2 is 1.88 bits per heavy atom. The number of ether oxygens (including phenoxy) is 1. The minimum absolute atomic E-state index is 0.188. The molecule has 1 heterocycles. The van der Waals surface area contributed by atoms with E-state index in [1.807, 2.05) is 38.1 Å². The van der Waals surface area contributed by atoms with Crippen LogP contribution in [0.1, 0.15) is 24.5 Å². The molecule has 1 fully saturated rings. The van der Waals surface area contributed by atoms with Gasteiger partial charge in [0.2, 0.25) is 0 Å². The third-order valence-electron chi connectivity index (χ3n) is 4.62. The standard InChI is InChI=1S/C20H21ClN2O3/c1-3-20(15-7-9-16(21)10-8-15)18(24)23(19(25)22-20)11-12-26-17-6-4-5-14(2)13-17/h4-10,13H,3,11-12H2,1-2H3,(H,22,25). The number of urea groups is 1. The number of nitrogens with zero attached hydrogens (tertiary/aromatic N) is 1. The molecule has 0 bridgehead atoms. The number of benzene rings is 2. The summed E-state index contributed by atoms with van der Waals surface area (Å²) in [5.74, 6) is 0.455. The summed E-state index contributed by atoms with van der Waals surface area (Å²) in [6.45, 7) is 4.28. The first-order valence-electron chi connectivity index (χ1n) is 8.56. The molecule has 0 aliphatic carbocycles.